The average Bonchev–Trinajstić information content (AvgIpc) is 2.66. The minimum absolute atomic E-state index is 0.642. The third kappa shape index (κ3) is 4.66. The minimum atomic E-state index is 0.642. The number of benzene rings is 1. The lowest BCUT2D eigenvalue weighted by molar-refractivity contribution is 0.122. The van der Waals surface area contributed by atoms with Gasteiger partial charge in [-0.05, 0) is 24.6 Å². The summed E-state index contributed by atoms with van der Waals surface area (Å²) in [6.45, 7) is 7.25. The molecule has 24 heavy (non-hydrogen) atoms. The third-order valence-electron chi connectivity index (χ3n) is 3.88. The fourth-order valence-electron chi connectivity index (χ4n) is 2.56. The Labute approximate surface area is 142 Å². The average molecular weight is 328 g/mol. The Hall–Kier alpha value is -2.18. The molecule has 1 N–H and O–H groups in total. The lowest BCUT2D eigenvalue weighted by Gasteiger charge is -2.26. The van der Waals surface area contributed by atoms with Gasteiger partial charge in [-0.1, -0.05) is 12.1 Å². The summed E-state index contributed by atoms with van der Waals surface area (Å²) in [5.74, 6) is 0.778. The molecule has 2 aromatic rings. The van der Waals surface area contributed by atoms with Crippen LogP contribution < -0.4 is 10.2 Å². The summed E-state index contributed by atoms with van der Waals surface area (Å²) in [5.41, 5.74) is 3.30. The van der Waals surface area contributed by atoms with Gasteiger partial charge in [0, 0.05) is 49.9 Å². The second kappa shape index (κ2) is 8.61. The van der Waals surface area contributed by atoms with Gasteiger partial charge < -0.3 is 19.7 Å². The zero-order chi connectivity index (χ0) is 16.6. The summed E-state index contributed by atoms with van der Waals surface area (Å²) in [4.78, 5) is 11.1. The molecule has 6 heteroatoms. The molecule has 0 atom stereocenters. The molecule has 0 aliphatic carbocycles. The van der Waals surface area contributed by atoms with E-state index in [-0.39, 0.29) is 0 Å². The normalized spacial score (nSPS) is 14.6. The van der Waals surface area contributed by atoms with Crippen molar-refractivity contribution in [2.24, 2.45) is 0 Å². The number of morpholine rings is 1. The lowest BCUT2D eigenvalue weighted by Crippen LogP contribution is -2.37. The maximum atomic E-state index is 5.45. The molecule has 1 aliphatic rings. The van der Waals surface area contributed by atoms with Gasteiger partial charge in [0.25, 0.3) is 0 Å². The van der Waals surface area contributed by atoms with Crippen LogP contribution in [0.3, 0.4) is 0 Å². The summed E-state index contributed by atoms with van der Waals surface area (Å²) >= 11 is 0. The monoisotopic (exact) mass is 328 g/mol. The molecule has 1 aromatic heterocycles. The van der Waals surface area contributed by atoms with Crippen LogP contribution in [-0.2, 0) is 22.6 Å². The van der Waals surface area contributed by atoms with Gasteiger partial charge in [0.05, 0.1) is 19.8 Å². The van der Waals surface area contributed by atoms with Crippen molar-refractivity contribution in [2.75, 3.05) is 43.1 Å². The Kier molecular flexibility index (Phi) is 5.98. The van der Waals surface area contributed by atoms with Crippen LogP contribution in [0.4, 0.5) is 11.6 Å². The molecular formula is C18H24N4O2. The van der Waals surface area contributed by atoms with Crippen LogP contribution in [0.1, 0.15) is 18.1 Å². The fraction of sp³-hybridized carbons (Fsp3) is 0.444. The van der Waals surface area contributed by atoms with Gasteiger partial charge in [0.1, 0.15) is 0 Å². The Balaban J connectivity index is 1.54. The van der Waals surface area contributed by atoms with Gasteiger partial charge in [-0.3, -0.25) is 0 Å². The van der Waals surface area contributed by atoms with Crippen molar-refractivity contribution in [3.05, 3.63) is 47.8 Å². The lowest BCUT2D eigenvalue weighted by atomic mass is 10.2. The van der Waals surface area contributed by atoms with Crippen molar-refractivity contribution in [2.45, 2.75) is 20.1 Å². The van der Waals surface area contributed by atoms with Crippen molar-refractivity contribution in [3.63, 3.8) is 0 Å². The van der Waals surface area contributed by atoms with Gasteiger partial charge in [0.15, 0.2) is 0 Å². The summed E-state index contributed by atoms with van der Waals surface area (Å²) in [5, 5.41) is 3.41. The van der Waals surface area contributed by atoms with Crippen molar-refractivity contribution in [3.8, 4) is 0 Å². The Morgan fingerprint density at radius 1 is 1.17 bits per heavy atom. The summed E-state index contributed by atoms with van der Waals surface area (Å²) < 4.78 is 10.8. The van der Waals surface area contributed by atoms with Gasteiger partial charge in [-0.2, -0.15) is 0 Å². The highest BCUT2D eigenvalue weighted by Gasteiger charge is 2.13. The second-order valence-electron chi connectivity index (χ2n) is 5.68. The quantitative estimate of drug-likeness (QED) is 0.842. The fourth-order valence-corrected chi connectivity index (χ4v) is 2.56. The second-order valence-corrected chi connectivity index (χ2v) is 5.68. The third-order valence-corrected chi connectivity index (χ3v) is 3.88. The van der Waals surface area contributed by atoms with Crippen LogP contribution in [0.15, 0.2) is 36.7 Å². The molecule has 128 valence electrons. The Bertz CT molecular complexity index is 627. The van der Waals surface area contributed by atoms with Gasteiger partial charge in [-0.25, -0.2) is 9.97 Å². The molecular weight excluding hydrogens is 304 g/mol. The molecule has 6 nitrogen and oxygen atoms in total. The number of ether oxygens (including phenoxy) is 2. The van der Waals surface area contributed by atoms with E-state index in [0.29, 0.717) is 13.2 Å². The summed E-state index contributed by atoms with van der Waals surface area (Å²) in [7, 11) is 0. The first-order valence-corrected chi connectivity index (χ1v) is 8.39. The molecule has 0 radical (unpaired) electrons. The number of hydrogen-bond acceptors (Lipinski definition) is 6. The van der Waals surface area contributed by atoms with E-state index < -0.39 is 0 Å². The maximum absolute atomic E-state index is 5.45. The number of hydrogen-bond donors (Lipinski definition) is 1. The molecule has 1 saturated heterocycles. The number of nitrogens with one attached hydrogen (secondary N) is 1. The minimum Gasteiger partial charge on any atom is -0.381 e. The first-order valence-electron chi connectivity index (χ1n) is 8.39. The standard InChI is InChI=1S/C18H24N4O2/c1-2-23-14-15-4-3-5-17(10-15)19-11-16-12-20-18(21-13-16)22-6-8-24-9-7-22/h3-5,10,12-13,19H,2,6-9,11,14H2,1H3. The van der Waals surface area contributed by atoms with Crippen LogP contribution in [0.5, 0.6) is 0 Å². The number of aromatic nitrogens is 2. The topological polar surface area (TPSA) is 59.5 Å². The molecule has 1 aliphatic heterocycles. The van der Waals surface area contributed by atoms with Crippen LogP contribution in [-0.4, -0.2) is 42.9 Å². The zero-order valence-electron chi connectivity index (χ0n) is 14.1. The van der Waals surface area contributed by atoms with E-state index >= 15 is 0 Å². The highest BCUT2D eigenvalue weighted by Crippen LogP contribution is 2.14. The van der Waals surface area contributed by atoms with Crippen molar-refractivity contribution in [1.29, 1.82) is 0 Å². The van der Waals surface area contributed by atoms with E-state index in [1.165, 1.54) is 5.56 Å². The van der Waals surface area contributed by atoms with E-state index in [0.717, 1.165) is 50.1 Å². The first-order chi connectivity index (χ1) is 11.8. The molecule has 0 amide bonds. The summed E-state index contributed by atoms with van der Waals surface area (Å²) in [6.07, 6.45) is 3.77. The largest absolute Gasteiger partial charge is 0.381 e. The predicted molar refractivity (Wildman–Crippen MR) is 94.2 cm³/mol. The molecule has 1 fully saturated rings. The van der Waals surface area contributed by atoms with Gasteiger partial charge in [0.2, 0.25) is 5.95 Å². The number of anilines is 2. The van der Waals surface area contributed by atoms with Gasteiger partial charge >= 0.3 is 0 Å². The highest BCUT2D eigenvalue weighted by molar-refractivity contribution is 5.46. The SMILES string of the molecule is CCOCc1cccc(NCc2cnc(N3CCOCC3)nc2)c1. The first kappa shape index (κ1) is 16.7. The number of nitrogens with zero attached hydrogens (tertiary/aromatic N) is 3. The van der Waals surface area contributed by atoms with Gasteiger partial charge in [-0.15, -0.1) is 0 Å². The smallest absolute Gasteiger partial charge is 0.225 e. The van der Waals surface area contributed by atoms with E-state index in [1.807, 2.05) is 25.4 Å². The van der Waals surface area contributed by atoms with Crippen molar-refractivity contribution < 1.29 is 9.47 Å². The number of rotatable bonds is 7. The van der Waals surface area contributed by atoms with E-state index in [9.17, 15) is 0 Å². The Morgan fingerprint density at radius 3 is 2.71 bits per heavy atom. The molecule has 0 unspecified atom stereocenters. The van der Waals surface area contributed by atoms with Crippen molar-refractivity contribution >= 4 is 11.6 Å². The maximum Gasteiger partial charge on any atom is 0.225 e. The van der Waals surface area contributed by atoms with Crippen LogP contribution >= 0.6 is 0 Å². The highest BCUT2D eigenvalue weighted by atomic mass is 16.5. The molecule has 3 rings (SSSR count). The molecule has 0 spiro atoms. The van der Waals surface area contributed by atoms with E-state index in [4.69, 9.17) is 9.47 Å². The van der Waals surface area contributed by atoms with Crippen LogP contribution in [0.2, 0.25) is 0 Å². The Morgan fingerprint density at radius 2 is 1.96 bits per heavy atom. The predicted octanol–water partition coefficient (Wildman–Crippen LogP) is 2.46. The van der Waals surface area contributed by atoms with E-state index in [1.54, 1.807) is 0 Å². The molecule has 2 heterocycles. The van der Waals surface area contributed by atoms with Crippen LogP contribution in [0.25, 0.3) is 0 Å². The van der Waals surface area contributed by atoms with Crippen molar-refractivity contribution in [1.82, 2.24) is 9.97 Å². The molecule has 1 aromatic carbocycles. The van der Waals surface area contributed by atoms with E-state index in [2.05, 4.69) is 38.4 Å². The molecule has 0 bridgehead atoms. The molecule has 0 saturated carbocycles. The summed E-state index contributed by atoms with van der Waals surface area (Å²) in [6, 6.07) is 8.27. The van der Waals surface area contributed by atoms with Crippen LogP contribution in [0, 0.1) is 0 Å². The zero-order valence-corrected chi connectivity index (χ0v) is 14.1.